The first-order valence-electron chi connectivity index (χ1n) is 4.18. The van der Waals surface area contributed by atoms with Crippen molar-refractivity contribution >= 4 is 10.0 Å². The molecule has 0 aromatic rings. The van der Waals surface area contributed by atoms with Gasteiger partial charge in [-0.3, -0.25) is 0 Å². The van der Waals surface area contributed by atoms with Crippen LogP contribution in [0.3, 0.4) is 0 Å². The smallest absolute Gasteiger partial charge is 0.216 e. The Morgan fingerprint density at radius 2 is 2.17 bits per heavy atom. The quantitative estimate of drug-likeness (QED) is 0.652. The third-order valence-electron chi connectivity index (χ3n) is 2.22. The zero-order valence-electron chi connectivity index (χ0n) is 7.16. The van der Waals surface area contributed by atoms with E-state index in [-0.39, 0.29) is 12.6 Å². The van der Waals surface area contributed by atoms with E-state index in [0.717, 1.165) is 19.3 Å². The lowest BCUT2D eigenvalue weighted by Gasteiger charge is -2.27. The second-order valence-corrected chi connectivity index (χ2v) is 5.41. The first-order valence-corrected chi connectivity index (χ1v) is 5.73. The number of aliphatic hydroxyl groups excluding tert-OH is 1. The van der Waals surface area contributed by atoms with Crippen LogP contribution in [0.5, 0.6) is 0 Å². The molecule has 1 unspecified atom stereocenters. The number of hydrogen-bond acceptors (Lipinski definition) is 3. The van der Waals surface area contributed by atoms with Gasteiger partial charge in [-0.15, -0.1) is 0 Å². The first-order chi connectivity index (χ1) is 5.56. The van der Waals surface area contributed by atoms with Crippen molar-refractivity contribution in [3.8, 4) is 0 Å². The van der Waals surface area contributed by atoms with Crippen LogP contribution in [0.2, 0.25) is 0 Å². The van der Waals surface area contributed by atoms with Gasteiger partial charge in [0.05, 0.1) is 11.9 Å². The van der Waals surface area contributed by atoms with Gasteiger partial charge in [-0.25, -0.2) is 13.1 Å². The molecule has 0 saturated heterocycles. The summed E-state index contributed by atoms with van der Waals surface area (Å²) in [5.74, 6) is 0. The normalized spacial score (nSPS) is 21.8. The molecule has 0 aliphatic heterocycles. The minimum atomic E-state index is -3.27. The summed E-state index contributed by atoms with van der Waals surface area (Å²) in [6, 6.07) is 0.115. The van der Waals surface area contributed by atoms with E-state index in [0.29, 0.717) is 0 Å². The largest absolute Gasteiger partial charge is 0.395 e. The highest BCUT2D eigenvalue weighted by Crippen LogP contribution is 2.19. The number of nitrogens with one attached hydrogen (secondary N) is 1. The van der Waals surface area contributed by atoms with Crippen LogP contribution in [0.1, 0.15) is 26.2 Å². The molecule has 1 atom stereocenters. The SMILES string of the molecule is CC(CO)S(=O)(=O)NC1CCC1. The topological polar surface area (TPSA) is 66.4 Å². The van der Waals surface area contributed by atoms with Crippen LogP contribution < -0.4 is 4.72 Å². The molecule has 2 N–H and O–H groups in total. The maximum Gasteiger partial charge on any atom is 0.216 e. The summed E-state index contributed by atoms with van der Waals surface area (Å²) < 4.78 is 25.1. The van der Waals surface area contributed by atoms with Crippen molar-refractivity contribution in [1.29, 1.82) is 0 Å². The van der Waals surface area contributed by atoms with Crippen molar-refractivity contribution in [3.05, 3.63) is 0 Å². The molecule has 0 spiro atoms. The molecule has 5 heteroatoms. The van der Waals surface area contributed by atoms with Crippen molar-refractivity contribution in [2.75, 3.05) is 6.61 Å². The predicted octanol–water partition coefficient (Wildman–Crippen LogP) is -0.161. The second-order valence-electron chi connectivity index (χ2n) is 3.28. The molecule has 0 amide bonds. The first kappa shape index (κ1) is 9.95. The van der Waals surface area contributed by atoms with E-state index in [9.17, 15) is 8.42 Å². The molecule has 1 fully saturated rings. The fourth-order valence-electron chi connectivity index (χ4n) is 0.973. The Labute approximate surface area is 73.0 Å². The molecule has 0 heterocycles. The average Bonchev–Trinajstić information content (AvgIpc) is 1.95. The summed E-state index contributed by atoms with van der Waals surface area (Å²) in [5.41, 5.74) is 0. The van der Waals surface area contributed by atoms with E-state index in [2.05, 4.69) is 4.72 Å². The van der Waals surface area contributed by atoms with Gasteiger partial charge in [0.25, 0.3) is 0 Å². The van der Waals surface area contributed by atoms with Gasteiger partial charge >= 0.3 is 0 Å². The average molecular weight is 193 g/mol. The summed E-state index contributed by atoms with van der Waals surface area (Å²) in [5, 5.41) is 7.96. The summed E-state index contributed by atoms with van der Waals surface area (Å²) in [6.07, 6.45) is 2.95. The van der Waals surface area contributed by atoms with E-state index in [1.807, 2.05) is 0 Å². The van der Waals surface area contributed by atoms with Crippen molar-refractivity contribution < 1.29 is 13.5 Å². The Kier molecular flexibility index (Phi) is 3.09. The van der Waals surface area contributed by atoms with Gasteiger partial charge in [-0.1, -0.05) is 6.42 Å². The molecule has 72 valence electrons. The highest BCUT2D eigenvalue weighted by molar-refractivity contribution is 7.90. The monoisotopic (exact) mass is 193 g/mol. The molecule has 4 nitrogen and oxygen atoms in total. The molecular weight excluding hydrogens is 178 g/mol. The van der Waals surface area contributed by atoms with Crippen LogP contribution >= 0.6 is 0 Å². The Hall–Kier alpha value is -0.130. The maximum absolute atomic E-state index is 11.3. The minimum Gasteiger partial charge on any atom is -0.395 e. The Morgan fingerprint density at radius 1 is 1.58 bits per heavy atom. The third kappa shape index (κ3) is 2.18. The van der Waals surface area contributed by atoms with Gasteiger partial charge in [0.1, 0.15) is 0 Å². The predicted molar refractivity (Wildman–Crippen MR) is 46.2 cm³/mol. The summed E-state index contributed by atoms with van der Waals surface area (Å²) in [4.78, 5) is 0. The summed E-state index contributed by atoms with van der Waals surface area (Å²) in [7, 11) is -3.27. The van der Waals surface area contributed by atoms with E-state index in [1.54, 1.807) is 0 Å². The highest BCUT2D eigenvalue weighted by Gasteiger charge is 2.26. The van der Waals surface area contributed by atoms with Crippen LogP contribution in [-0.4, -0.2) is 31.4 Å². The van der Waals surface area contributed by atoms with Crippen LogP contribution in [0.15, 0.2) is 0 Å². The number of sulfonamides is 1. The maximum atomic E-state index is 11.3. The molecule has 1 aliphatic rings. The van der Waals surface area contributed by atoms with Gasteiger partial charge < -0.3 is 5.11 Å². The Morgan fingerprint density at radius 3 is 2.50 bits per heavy atom. The van der Waals surface area contributed by atoms with Crippen LogP contribution in [-0.2, 0) is 10.0 Å². The number of hydrogen-bond donors (Lipinski definition) is 2. The van der Waals surface area contributed by atoms with E-state index in [4.69, 9.17) is 5.11 Å². The standard InChI is InChI=1S/C7H15NO3S/c1-6(5-9)12(10,11)8-7-3-2-4-7/h6-9H,2-5H2,1H3. The fourth-order valence-corrected chi connectivity index (χ4v) is 2.10. The van der Waals surface area contributed by atoms with Crippen molar-refractivity contribution in [1.82, 2.24) is 4.72 Å². The zero-order chi connectivity index (χ0) is 9.19. The van der Waals surface area contributed by atoms with Crippen molar-refractivity contribution in [3.63, 3.8) is 0 Å². The highest BCUT2D eigenvalue weighted by atomic mass is 32.2. The van der Waals surface area contributed by atoms with E-state index in [1.165, 1.54) is 6.92 Å². The molecular formula is C7H15NO3S. The Bertz CT molecular complexity index is 233. The zero-order valence-corrected chi connectivity index (χ0v) is 7.97. The molecule has 12 heavy (non-hydrogen) atoms. The molecule has 0 aromatic heterocycles. The lowest BCUT2D eigenvalue weighted by Crippen LogP contribution is -2.44. The summed E-state index contributed by atoms with van der Waals surface area (Å²) >= 11 is 0. The molecule has 1 rings (SSSR count). The molecule has 0 bridgehead atoms. The number of aliphatic hydroxyl groups is 1. The van der Waals surface area contributed by atoms with Crippen LogP contribution in [0.4, 0.5) is 0 Å². The molecule has 1 saturated carbocycles. The van der Waals surface area contributed by atoms with E-state index >= 15 is 0 Å². The van der Waals surface area contributed by atoms with Gasteiger partial charge in [0, 0.05) is 6.04 Å². The van der Waals surface area contributed by atoms with E-state index < -0.39 is 15.3 Å². The number of rotatable bonds is 4. The minimum absolute atomic E-state index is 0.115. The van der Waals surface area contributed by atoms with Crippen LogP contribution in [0, 0.1) is 0 Å². The van der Waals surface area contributed by atoms with Gasteiger partial charge in [-0.05, 0) is 19.8 Å². The van der Waals surface area contributed by atoms with Crippen molar-refractivity contribution in [2.24, 2.45) is 0 Å². The Balaban J connectivity index is 2.47. The lowest BCUT2D eigenvalue weighted by atomic mass is 9.94. The van der Waals surface area contributed by atoms with Gasteiger partial charge in [-0.2, -0.15) is 0 Å². The molecule has 0 radical (unpaired) electrons. The second kappa shape index (κ2) is 3.72. The lowest BCUT2D eigenvalue weighted by molar-refractivity contribution is 0.292. The van der Waals surface area contributed by atoms with Gasteiger partial charge in [0.15, 0.2) is 0 Å². The summed E-state index contributed by atoms with van der Waals surface area (Å²) in [6.45, 7) is 1.18. The molecule has 1 aliphatic carbocycles. The van der Waals surface area contributed by atoms with Crippen LogP contribution in [0.25, 0.3) is 0 Å². The van der Waals surface area contributed by atoms with Crippen molar-refractivity contribution in [2.45, 2.75) is 37.5 Å². The fraction of sp³-hybridized carbons (Fsp3) is 1.00. The van der Waals surface area contributed by atoms with Gasteiger partial charge in [0.2, 0.25) is 10.0 Å². The third-order valence-corrected chi connectivity index (χ3v) is 4.09. The molecule has 0 aromatic carbocycles.